The Hall–Kier alpha value is -1.42. The summed E-state index contributed by atoms with van der Waals surface area (Å²) in [7, 11) is 0. The highest BCUT2D eigenvalue weighted by molar-refractivity contribution is 5.92. The Morgan fingerprint density at radius 3 is 2.93 bits per heavy atom. The monoisotopic (exact) mass is 205 g/mol. The third kappa shape index (κ3) is 1.99. The summed E-state index contributed by atoms with van der Waals surface area (Å²) < 4.78 is 0. The van der Waals surface area contributed by atoms with Crippen LogP contribution in [0.1, 0.15) is 16.2 Å². The van der Waals surface area contributed by atoms with E-state index in [0.29, 0.717) is 18.2 Å². The van der Waals surface area contributed by atoms with Crippen LogP contribution in [0, 0.1) is 12.8 Å². The molecule has 1 aliphatic rings. The van der Waals surface area contributed by atoms with Gasteiger partial charge in [0, 0.05) is 24.7 Å². The largest absolute Gasteiger partial charge is 0.337 e. The number of hydrogen-bond donors (Lipinski definition) is 1. The van der Waals surface area contributed by atoms with Crippen LogP contribution < -0.4 is 5.73 Å². The smallest absolute Gasteiger partial charge is 0.272 e. The van der Waals surface area contributed by atoms with Gasteiger partial charge >= 0.3 is 0 Å². The number of aryl methyl sites for hydroxylation is 1. The summed E-state index contributed by atoms with van der Waals surface area (Å²) >= 11 is 0. The van der Waals surface area contributed by atoms with E-state index in [9.17, 15) is 4.79 Å². The molecule has 1 saturated heterocycles. The average molecular weight is 205 g/mol. The highest BCUT2D eigenvalue weighted by Gasteiger charge is 2.30. The van der Waals surface area contributed by atoms with Crippen LogP contribution in [0.4, 0.5) is 0 Å². The second-order valence-corrected chi connectivity index (χ2v) is 3.98. The van der Waals surface area contributed by atoms with E-state index in [0.717, 1.165) is 18.8 Å². The van der Waals surface area contributed by atoms with E-state index >= 15 is 0 Å². The molecule has 1 aromatic heterocycles. The molecule has 0 saturated carbocycles. The summed E-state index contributed by atoms with van der Waals surface area (Å²) in [5.41, 5.74) is 6.91. The summed E-state index contributed by atoms with van der Waals surface area (Å²) in [4.78, 5) is 17.9. The first-order chi connectivity index (χ1) is 7.20. The highest BCUT2D eigenvalue weighted by atomic mass is 16.2. The summed E-state index contributed by atoms with van der Waals surface area (Å²) in [5, 5.41) is 0. The third-order valence-corrected chi connectivity index (χ3v) is 2.69. The maximum absolute atomic E-state index is 11.9. The number of carbonyl (C=O) groups is 1. The number of hydrogen-bond acceptors (Lipinski definition) is 3. The van der Waals surface area contributed by atoms with Crippen LogP contribution in [0.5, 0.6) is 0 Å². The van der Waals surface area contributed by atoms with Crippen molar-refractivity contribution in [2.75, 3.05) is 19.6 Å². The Morgan fingerprint density at radius 2 is 2.33 bits per heavy atom. The Bertz CT molecular complexity index is 372. The predicted molar refractivity (Wildman–Crippen MR) is 57.4 cm³/mol. The first kappa shape index (κ1) is 10.1. The normalized spacial score (nSPS) is 16.3. The molecule has 15 heavy (non-hydrogen) atoms. The van der Waals surface area contributed by atoms with Gasteiger partial charge in [0.1, 0.15) is 5.69 Å². The van der Waals surface area contributed by atoms with Crippen molar-refractivity contribution in [3.8, 4) is 0 Å². The Labute approximate surface area is 89.1 Å². The van der Waals surface area contributed by atoms with Gasteiger partial charge in [-0.3, -0.25) is 4.79 Å². The van der Waals surface area contributed by atoms with Gasteiger partial charge in [0.05, 0.1) is 0 Å². The van der Waals surface area contributed by atoms with E-state index in [-0.39, 0.29) is 5.91 Å². The van der Waals surface area contributed by atoms with Gasteiger partial charge in [-0.15, -0.1) is 0 Å². The highest BCUT2D eigenvalue weighted by Crippen LogP contribution is 2.16. The third-order valence-electron chi connectivity index (χ3n) is 2.69. The van der Waals surface area contributed by atoms with Crippen molar-refractivity contribution in [1.29, 1.82) is 0 Å². The molecule has 0 bridgehead atoms. The van der Waals surface area contributed by atoms with Crippen LogP contribution in [0.2, 0.25) is 0 Å². The summed E-state index contributed by atoms with van der Waals surface area (Å²) in [5.74, 6) is 0.488. The first-order valence-electron chi connectivity index (χ1n) is 5.13. The van der Waals surface area contributed by atoms with E-state index in [2.05, 4.69) is 4.98 Å². The number of carbonyl (C=O) groups excluding carboxylic acids is 1. The Morgan fingerprint density at radius 1 is 1.60 bits per heavy atom. The van der Waals surface area contributed by atoms with Crippen molar-refractivity contribution < 1.29 is 4.79 Å². The summed E-state index contributed by atoms with van der Waals surface area (Å²) in [6.45, 7) is 4.08. The van der Waals surface area contributed by atoms with E-state index in [4.69, 9.17) is 5.73 Å². The van der Waals surface area contributed by atoms with Crippen LogP contribution in [-0.2, 0) is 0 Å². The lowest BCUT2D eigenvalue weighted by Crippen LogP contribution is -2.52. The number of rotatable bonds is 2. The molecule has 0 atom stereocenters. The topological polar surface area (TPSA) is 59.2 Å². The lowest BCUT2D eigenvalue weighted by molar-refractivity contribution is 0.0509. The second-order valence-electron chi connectivity index (χ2n) is 3.98. The molecule has 0 radical (unpaired) electrons. The molecule has 4 heteroatoms. The second kappa shape index (κ2) is 3.98. The van der Waals surface area contributed by atoms with Crippen molar-refractivity contribution in [3.05, 3.63) is 29.6 Å². The van der Waals surface area contributed by atoms with Crippen molar-refractivity contribution in [3.63, 3.8) is 0 Å². The molecule has 0 aromatic carbocycles. The van der Waals surface area contributed by atoms with E-state index in [1.54, 1.807) is 11.0 Å². The maximum atomic E-state index is 11.9. The lowest BCUT2D eigenvalue weighted by Gasteiger charge is -2.38. The number of nitrogens with two attached hydrogens (primary N) is 1. The summed E-state index contributed by atoms with van der Waals surface area (Å²) in [6.07, 6.45) is 0. The standard InChI is InChI=1S/C11H15N3O/c1-8-3-2-4-10(13-8)11(15)14-6-9(5-12)7-14/h2-4,9H,5-7,12H2,1H3. The van der Waals surface area contributed by atoms with E-state index in [1.807, 2.05) is 19.1 Å². The van der Waals surface area contributed by atoms with Gasteiger partial charge in [0.2, 0.25) is 0 Å². The minimum atomic E-state index is 0.0170. The Balaban J connectivity index is 2.03. The molecule has 1 aromatic rings. The fraction of sp³-hybridized carbons (Fsp3) is 0.455. The van der Waals surface area contributed by atoms with Crippen LogP contribution in [0.3, 0.4) is 0 Å². The van der Waals surface area contributed by atoms with Gasteiger partial charge in [-0.1, -0.05) is 6.07 Å². The van der Waals surface area contributed by atoms with Gasteiger partial charge in [-0.05, 0) is 25.6 Å². The molecular formula is C11H15N3O. The lowest BCUT2D eigenvalue weighted by atomic mass is 10.00. The number of likely N-dealkylation sites (tertiary alicyclic amines) is 1. The zero-order valence-corrected chi connectivity index (χ0v) is 8.81. The van der Waals surface area contributed by atoms with Gasteiger partial charge in [0.25, 0.3) is 5.91 Å². The fourth-order valence-electron chi connectivity index (χ4n) is 1.71. The Kier molecular flexibility index (Phi) is 2.68. The van der Waals surface area contributed by atoms with Crippen LogP contribution >= 0.6 is 0 Å². The van der Waals surface area contributed by atoms with Gasteiger partial charge < -0.3 is 10.6 Å². The van der Waals surface area contributed by atoms with Gasteiger partial charge in [-0.2, -0.15) is 0 Å². The number of pyridine rings is 1. The zero-order chi connectivity index (χ0) is 10.8. The van der Waals surface area contributed by atoms with Crippen molar-refractivity contribution in [2.45, 2.75) is 6.92 Å². The quantitative estimate of drug-likeness (QED) is 0.761. The number of amides is 1. The van der Waals surface area contributed by atoms with Gasteiger partial charge in [0.15, 0.2) is 0 Å². The van der Waals surface area contributed by atoms with E-state index < -0.39 is 0 Å². The van der Waals surface area contributed by atoms with Crippen molar-refractivity contribution >= 4 is 5.91 Å². The fourth-order valence-corrected chi connectivity index (χ4v) is 1.71. The summed E-state index contributed by atoms with van der Waals surface area (Å²) in [6, 6.07) is 5.50. The van der Waals surface area contributed by atoms with Crippen LogP contribution in [0.25, 0.3) is 0 Å². The minimum absolute atomic E-state index is 0.0170. The van der Waals surface area contributed by atoms with Crippen LogP contribution in [-0.4, -0.2) is 35.4 Å². The predicted octanol–water partition coefficient (Wildman–Crippen LogP) is 0.421. The molecule has 0 unspecified atom stereocenters. The molecule has 0 aliphatic carbocycles. The molecule has 4 nitrogen and oxygen atoms in total. The molecule has 1 aliphatic heterocycles. The van der Waals surface area contributed by atoms with E-state index in [1.165, 1.54) is 0 Å². The SMILES string of the molecule is Cc1cccc(C(=O)N2CC(CN)C2)n1. The molecule has 1 amide bonds. The molecule has 0 spiro atoms. The molecule has 80 valence electrons. The molecule has 2 heterocycles. The van der Waals surface area contributed by atoms with Gasteiger partial charge in [-0.25, -0.2) is 4.98 Å². The average Bonchev–Trinajstić information content (AvgIpc) is 2.16. The molecular weight excluding hydrogens is 190 g/mol. The minimum Gasteiger partial charge on any atom is -0.337 e. The van der Waals surface area contributed by atoms with Crippen molar-refractivity contribution in [1.82, 2.24) is 9.88 Å². The molecule has 2 rings (SSSR count). The molecule has 2 N–H and O–H groups in total. The maximum Gasteiger partial charge on any atom is 0.272 e. The molecule has 1 fully saturated rings. The first-order valence-corrected chi connectivity index (χ1v) is 5.13. The van der Waals surface area contributed by atoms with Crippen molar-refractivity contribution in [2.24, 2.45) is 11.7 Å². The zero-order valence-electron chi connectivity index (χ0n) is 8.81. The van der Waals surface area contributed by atoms with Crippen LogP contribution in [0.15, 0.2) is 18.2 Å². The number of nitrogens with zero attached hydrogens (tertiary/aromatic N) is 2. The number of aromatic nitrogens is 1.